The van der Waals surface area contributed by atoms with Crippen molar-refractivity contribution in [3.8, 4) is 0 Å². The van der Waals surface area contributed by atoms with Gasteiger partial charge in [-0.1, -0.05) is 181 Å². The van der Waals surface area contributed by atoms with Gasteiger partial charge in [-0.3, -0.25) is 9.49 Å². The summed E-state index contributed by atoms with van der Waals surface area (Å²) in [5, 5.41) is 24.3. The zero-order chi connectivity index (χ0) is 44.3. The van der Waals surface area contributed by atoms with Gasteiger partial charge in [-0.2, -0.15) is 0 Å². The summed E-state index contributed by atoms with van der Waals surface area (Å²) in [6.45, 7) is 14.4. The van der Waals surface area contributed by atoms with Crippen molar-refractivity contribution in [2.45, 2.75) is 54.8 Å². The van der Waals surface area contributed by atoms with Gasteiger partial charge in [0.1, 0.15) is 17.5 Å². The van der Waals surface area contributed by atoms with E-state index in [0.717, 1.165) is 43.9 Å². The number of aryl methyl sites for hydroxylation is 6. The second-order valence-corrected chi connectivity index (χ2v) is 22.3. The first-order valence-corrected chi connectivity index (χ1v) is 24.9. The number of nitrogens with zero attached hydrogens (tertiary/aromatic N) is 2. The second-order valence-electron chi connectivity index (χ2n) is 16.3. The van der Waals surface area contributed by atoms with Crippen LogP contribution >= 0.6 is 14.1 Å². The summed E-state index contributed by atoms with van der Waals surface area (Å²) in [6.07, 6.45) is -1.17. The summed E-state index contributed by atoms with van der Waals surface area (Å²) in [7, 11) is -5.55. The van der Waals surface area contributed by atoms with Gasteiger partial charge in [0.15, 0.2) is 0 Å². The molecule has 8 aromatic carbocycles. The molecule has 8 heteroatoms. The Hall–Kier alpha value is -5.44. The topological polar surface area (TPSA) is 78.3 Å². The van der Waals surface area contributed by atoms with Crippen LogP contribution in [0.1, 0.15) is 40.3 Å². The van der Waals surface area contributed by atoms with Gasteiger partial charge in [0, 0.05) is 62.1 Å². The van der Waals surface area contributed by atoms with Crippen molar-refractivity contribution in [2.75, 3.05) is 0 Å². The number of fused-ring (bicyclic) bond motifs is 3. The van der Waals surface area contributed by atoms with Crippen LogP contribution in [0.5, 0.6) is 0 Å². The van der Waals surface area contributed by atoms with Gasteiger partial charge in [0.25, 0.3) is 0 Å². The van der Waals surface area contributed by atoms with Gasteiger partial charge in [0.05, 0.1) is 25.5 Å². The Kier molecular flexibility index (Phi) is 14.4. The van der Waals surface area contributed by atoms with Gasteiger partial charge < -0.3 is 14.6 Å². The minimum atomic E-state index is -2.77. The molecule has 0 saturated carbocycles. The molecule has 5 nitrogen and oxygen atoms in total. The second kappa shape index (κ2) is 19.8. The first-order chi connectivity index (χ1) is 30.4. The SMILES string of the molecule is CC(O)O.Cc1cc(C)c(N=P(c2ccccc2)(c2ccccc2)c2cccc3c2oc2c(P(=Nc4c(C)cc(C)cc4C)(c4ccccc4)c4ccccc4)cccc23)c(C)c1.[Zn]. The van der Waals surface area contributed by atoms with E-state index < -0.39 is 20.4 Å². The normalized spacial score (nSPS) is 11.5. The summed E-state index contributed by atoms with van der Waals surface area (Å²) in [5.74, 6) is 0. The van der Waals surface area contributed by atoms with Crippen molar-refractivity contribution in [3.63, 3.8) is 0 Å². The van der Waals surface area contributed by atoms with E-state index in [9.17, 15) is 0 Å². The van der Waals surface area contributed by atoms with E-state index in [4.69, 9.17) is 24.1 Å². The van der Waals surface area contributed by atoms with Crippen LogP contribution in [0.15, 0.2) is 196 Å². The van der Waals surface area contributed by atoms with Crippen LogP contribution in [0.4, 0.5) is 11.4 Å². The van der Waals surface area contributed by atoms with Crippen molar-refractivity contribution < 1.29 is 34.1 Å². The smallest absolute Gasteiger partial charge is 0.148 e. The van der Waals surface area contributed by atoms with Gasteiger partial charge in [-0.05, 0) is 82.9 Å². The fourth-order valence-electron chi connectivity index (χ4n) is 9.03. The third-order valence-corrected chi connectivity index (χ3v) is 18.8. The average Bonchev–Trinajstić information content (AvgIpc) is 3.67. The summed E-state index contributed by atoms with van der Waals surface area (Å²) >= 11 is 0. The Labute approximate surface area is 390 Å². The monoisotopic (exact) mass is 928 g/mol. The number of benzene rings is 8. The Morgan fingerprint density at radius 1 is 0.406 bits per heavy atom. The van der Waals surface area contributed by atoms with E-state index in [2.05, 4.69) is 224 Å². The number of para-hydroxylation sites is 2. The van der Waals surface area contributed by atoms with Crippen LogP contribution in [-0.2, 0) is 19.5 Å². The van der Waals surface area contributed by atoms with E-state index in [1.54, 1.807) is 0 Å². The minimum absolute atomic E-state index is 0. The van der Waals surface area contributed by atoms with Crippen molar-refractivity contribution in [3.05, 3.63) is 215 Å². The quantitative estimate of drug-likeness (QED) is 0.0905. The molecular weight excluding hydrogens is 876 g/mol. The van der Waals surface area contributed by atoms with Crippen molar-refractivity contribution in [2.24, 2.45) is 9.49 Å². The molecule has 64 heavy (non-hydrogen) atoms. The maximum absolute atomic E-state index is 7.61. The van der Waals surface area contributed by atoms with E-state index in [0.29, 0.717) is 0 Å². The maximum Gasteiger partial charge on any atom is 0.148 e. The number of hydrogen-bond donors (Lipinski definition) is 2. The fraction of sp³-hybridized carbons (Fsp3) is 0.143. The minimum Gasteiger partial charge on any atom is -0.455 e. The first kappa shape index (κ1) is 46.6. The van der Waals surface area contributed by atoms with Gasteiger partial charge >= 0.3 is 0 Å². The predicted molar refractivity (Wildman–Crippen MR) is 271 cm³/mol. The van der Waals surface area contributed by atoms with Gasteiger partial charge in [0.2, 0.25) is 0 Å². The Morgan fingerprint density at radius 2 is 0.672 bits per heavy atom. The van der Waals surface area contributed by atoms with Crippen molar-refractivity contribution in [1.82, 2.24) is 0 Å². The Bertz CT molecular complexity index is 2840. The zero-order valence-electron chi connectivity index (χ0n) is 37.7. The molecule has 1 aromatic heterocycles. The molecule has 0 aliphatic carbocycles. The third kappa shape index (κ3) is 8.84. The van der Waals surface area contributed by atoms with E-state index in [1.807, 2.05) is 0 Å². The molecule has 0 spiro atoms. The summed E-state index contributed by atoms with van der Waals surface area (Å²) in [6, 6.07) is 65.9. The van der Waals surface area contributed by atoms with Crippen molar-refractivity contribution in [1.29, 1.82) is 0 Å². The van der Waals surface area contributed by atoms with Crippen LogP contribution in [0, 0.1) is 41.5 Å². The third-order valence-electron chi connectivity index (χ3n) is 11.5. The molecule has 0 radical (unpaired) electrons. The molecule has 0 bridgehead atoms. The van der Waals surface area contributed by atoms with Crippen LogP contribution in [0.2, 0.25) is 0 Å². The average molecular weight is 930 g/mol. The summed E-state index contributed by atoms with van der Waals surface area (Å²) in [5.41, 5.74) is 10.9. The molecule has 9 aromatic rings. The maximum atomic E-state index is 7.61. The van der Waals surface area contributed by atoms with Crippen molar-refractivity contribution >= 4 is 79.2 Å². The van der Waals surface area contributed by atoms with Crippen LogP contribution in [-0.4, -0.2) is 16.5 Å². The molecule has 2 N–H and O–H groups in total. The Balaban J connectivity index is 0.00000118. The summed E-state index contributed by atoms with van der Waals surface area (Å²) in [4.78, 5) is 0. The van der Waals surface area contributed by atoms with E-state index in [-0.39, 0.29) is 19.5 Å². The molecule has 318 valence electrons. The first-order valence-electron chi connectivity index (χ1n) is 21.4. The summed E-state index contributed by atoms with van der Waals surface area (Å²) < 4.78 is 19.7. The van der Waals surface area contributed by atoms with E-state index in [1.165, 1.54) is 61.5 Å². The Morgan fingerprint density at radius 3 is 0.938 bits per heavy atom. The standard InChI is InChI=1S/C54H48N2OP2.C2H6O2.Zn/c1-37-33-39(3)51(40(4)34-37)55-58(43-21-11-7-12-22-43,44-23-13-8-14-24-44)49-31-19-29-47-48-30-20-32-50(54(48)57-53(47)49)59(45-25-15-9-16-26-45,46-27-17-10-18-28-46)56-52-41(5)35-38(2)36-42(52)6;1-2(3)4;/h7-36H,1-6H3;2-4H,1H3;. The molecule has 0 aliphatic heterocycles. The molecule has 0 unspecified atom stereocenters. The van der Waals surface area contributed by atoms with Crippen LogP contribution < -0.4 is 31.8 Å². The molecular formula is C56H54N2O3P2Zn. The molecule has 1 heterocycles. The largest absolute Gasteiger partial charge is 0.455 e. The molecule has 0 aliphatic rings. The predicted octanol–water partition coefficient (Wildman–Crippen LogP) is 12.4. The molecule has 0 atom stereocenters. The van der Waals surface area contributed by atoms with Crippen LogP contribution in [0.3, 0.4) is 0 Å². The zero-order valence-corrected chi connectivity index (χ0v) is 42.5. The van der Waals surface area contributed by atoms with Crippen LogP contribution in [0.25, 0.3) is 21.9 Å². The fourth-order valence-corrected chi connectivity index (χ4v) is 16.6. The molecule has 0 fully saturated rings. The van der Waals surface area contributed by atoms with Gasteiger partial charge in [-0.25, -0.2) is 0 Å². The molecule has 0 amide bonds. The molecule has 0 saturated heterocycles. The van der Waals surface area contributed by atoms with Gasteiger partial charge in [-0.15, -0.1) is 0 Å². The number of aliphatic hydroxyl groups excluding tert-OH is 1. The number of aliphatic hydroxyl groups is 2. The number of furan rings is 1. The number of rotatable bonds is 8. The number of hydrogen-bond acceptors (Lipinski definition) is 5. The van der Waals surface area contributed by atoms with E-state index >= 15 is 0 Å². The molecule has 9 rings (SSSR count).